The van der Waals surface area contributed by atoms with E-state index in [0.29, 0.717) is 31.0 Å². The standard InChI is InChI=1S/C24H26N4O4/c1-15(25-23(30)17-12-13-32-14-17)22(29)27-21-24(31)28(2)19-11-7-6-10-18(19)20(26-21)16-8-4-3-5-9-16/h3-11,15,17,21H,12-14H2,1-2H3,(H,25,30)(H,27,29)/t15-,17?,21+/m0/s1. The van der Waals surface area contributed by atoms with Crippen LogP contribution in [0, 0.1) is 5.92 Å². The lowest BCUT2D eigenvalue weighted by Crippen LogP contribution is -2.53. The average molecular weight is 434 g/mol. The first kappa shape index (κ1) is 21.7. The molecule has 2 aromatic rings. The largest absolute Gasteiger partial charge is 0.381 e. The van der Waals surface area contributed by atoms with E-state index < -0.39 is 18.1 Å². The zero-order chi connectivity index (χ0) is 22.7. The highest BCUT2D eigenvalue weighted by atomic mass is 16.5. The number of amides is 3. The molecular weight excluding hydrogens is 408 g/mol. The number of nitrogens with one attached hydrogen (secondary N) is 2. The lowest BCUT2D eigenvalue weighted by Gasteiger charge is -2.22. The van der Waals surface area contributed by atoms with Gasteiger partial charge in [-0.25, -0.2) is 4.99 Å². The zero-order valence-corrected chi connectivity index (χ0v) is 18.1. The molecule has 1 unspecified atom stereocenters. The van der Waals surface area contributed by atoms with Crippen LogP contribution in [0.1, 0.15) is 24.5 Å². The first-order valence-electron chi connectivity index (χ1n) is 10.6. The van der Waals surface area contributed by atoms with Crippen LogP contribution in [0.3, 0.4) is 0 Å². The highest BCUT2D eigenvalue weighted by molar-refractivity contribution is 6.20. The van der Waals surface area contributed by atoms with Crippen LogP contribution in [0.5, 0.6) is 0 Å². The minimum Gasteiger partial charge on any atom is -0.381 e. The second kappa shape index (κ2) is 9.32. The van der Waals surface area contributed by atoms with Crippen LogP contribution in [-0.4, -0.2) is 55.9 Å². The fraction of sp³-hybridized carbons (Fsp3) is 0.333. The lowest BCUT2D eigenvalue weighted by molar-refractivity contribution is -0.132. The number of hydrogen-bond donors (Lipinski definition) is 2. The van der Waals surface area contributed by atoms with Crippen molar-refractivity contribution in [2.75, 3.05) is 25.2 Å². The summed E-state index contributed by atoms with van der Waals surface area (Å²) in [5.74, 6) is -1.32. The van der Waals surface area contributed by atoms with E-state index in [1.807, 2.05) is 54.6 Å². The minimum atomic E-state index is -1.12. The molecule has 2 aromatic carbocycles. The van der Waals surface area contributed by atoms with Crippen molar-refractivity contribution < 1.29 is 19.1 Å². The molecule has 0 aromatic heterocycles. The Morgan fingerprint density at radius 2 is 1.84 bits per heavy atom. The molecule has 3 atom stereocenters. The molecule has 0 spiro atoms. The molecule has 2 aliphatic rings. The molecule has 8 heteroatoms. The zero-order valence-electron chi connectivity index (χ0n) is 18.1. The van der Waals surface area contributed by atoms with Gasteiger partial charge < -0.3 is 20.3 Å². The molecule has 0 bridgehead atoms. The first-order valence-corrected chi connectivity index (χ1v) is 10.6. The Balaban J connectivity index is 1.59. The van der Waals surface area contributed by atoms with Gasteiger partial charge in [0.2, 0.25) is 18.0 Å². The van der Waals surface area contributed by atoms with Gasteiger partial charge in [0.05, 0.1) is 23.9 Å². The molecule has 1 saturated heterocycles. The van der Waals surface area contributed by atoms with Gasteiger partial charge in [0.25, 0.3) is 5.91 Å². The maximum atomic E-state index is 13.2. The number of nitrogens with zero attached hydrogens (tertiary/aromatic N) is 2. The summed E-state index contributed by atoms with van der Waals surface area (Å²) in [5, 5.41) is 5.41. The summed E-state index contributed by atoms with van der Waals surface area (Å²) in [6, 6.07) is 16.2. The molecule has 8 nitrogen and oxygen atoms in total. The number of hydrogen-bond acceptors (Lipinski definition) is 5. The Kier molecular flexibility index (Phi) is 6.32. The predicted molar refractivity (Wildman–Crippen MR) is 120 cm³/mol. The average Bonchev–Trinajstić information content (AvgIpc) is 3.33. The number of carbonyl (C=O) groups excluding carboxylic acids is 3. The van der Waals surface area contributed by atoms with Gasteiger partial charge in [-0.2, -0.15) is 0 Å². The molecule has 0 saturated carbocycles. The maximum absolute atomic E-state index is 13.2. The Morgan fingerprint density at radius 3 is 2.56 bits per heavy atom. The Morgan fingerprint density at radius 1 is 1.12 bits per heavy atom. The Bertz CT molecular complexity index is 1050. The van der Waals surface area contributed by atoms with Crippen LogP contribution < -0.4 is 15.5 Å². The molecule has 2 aliphatic heterocycles. The van der Waals surface area contributed by atoms with E-state index in [2.05, 4.69) is 15.6 Å². The van der Waals surface area contributed by atoms with Crippen molar-refractivity contribution in [2.45, 2.75) is 25.6 Å². The fourth-order valence-electron chi connectivity index (χ4n) is 3.84. The van der Waals surface area contributed by atoms with Gasteiger partial charge in [-0.05, 0) is 19.4 Å². The second-order valence-corrected chi connectivity index (χ2v) is 7.96. The molecule has 2 N–H and O–H groups in total. The summed E-state index contributed by atoms with van der Waals surface area (Å²) in [5.41, 5.74) is 2.96. The van der Waals surface area contributed by atoms with E-state index in [9.17, 15) is 14.4 Å². The third-order valence-corrected chi connectivity index (χ3v) is 5.72. The monoisotopic (exact) mass is 434 g/mol. The second-order valence-electron chi connectivity index (χ2n) is 7.96. The summed E-state index contributed by atoms with van der Waals surface area (Å²) >= 11 is 0. The van der Waals surface area contributed by atoms with Gasteiger partial charge in [0.1, 0.15) is 6.04 Å². The van der Waals surface area contributed by atoms with Crippen LogP contribution in [0.4, 0.5) is 5.69 Å². The molecular formula is C24H26N4O4. The summed E-state index contributed by atoms with van der Waals surface area (Å²) < 4.78 is 5.24. The van der Waals surface area contributed by atoms with Gasteiger partial charge in [0, 0.05) is 24.8 Å². The predicted octanol–water partition coefficient (Wildman–Crippen LogP) is 1.48. The summed E-state index contributed by atoms with van der Waals surface area (Å²) in [6.07, 6.45) is -0.487. The van der Waals surface area contributed by atoms with Crippen LogP contribution in [0.25, 0.3) is 0 Å². The molecule has 32 heavy (non-hydrogen) atoms. The number of carbonyl (C=O) groups is 3. The van der Waals surface area contributed by atoms with Crippen LogP contribution in [0.2, 0.25) is 0 Å². The molecule has 2 heterocycles. The van der Waals surface area contributed by atoms with E-state index in [1.54, 1.807) is 14.0 Å². The van der Waals surface area contributed by atoms with E-state index >= 15 is 0 Å². The van der Waals surface area contributed by atoms with E-state index in [0.717, 1.165) is 11.1 Å². The van der Waals surface area contributed by atoms with Crippen molar-refractivity contribution in [3.05, 3.63) is 65.7 Å². The number of rotatable bonds is 5. The number of benzodiazepines with no additional fused rings is 1. The SMILES string of the molecule is C[C@H](NC(=O)C1CCOC1)C(=O)N[C@H]1N=C(c2ccccc2)c2ccccc2N(C)C1=O. The third kappa shape index (κ3) is 4.40. The summed E-state index contributed by atoms with van der Waals surface area (Å²) in [7, 11) is 1.66. The van der Waals surface area contributed by atoms with E-state index in [4.69, 9.17) is 4.74 Å². The highest BCUT2D eigenvalue weighted by Crippen LogP contribution is 2.27. The number of fused-ring (bicyclic) bond motifs is 1. The normalized spacial score (nSPS) is 21.2. The molecule has 4 rings (SSSR count). The molecule has 0 radical (unpaired) electrons. The molecule has 3 amide bonds. The molecule has 166 valence electrons. The van der Waals surface area contributed by atoms with Crippen molar-refractivity contribution in [2.24, 2.45) is 10.9 Å². The van der Waals surface area contributed by atoms with Crippen molar-refractivity contribution in [3.8, 4) is 0 Å². The van der Waals surface area contributed by atoms with Gasteiger partial charge >= 0.3 is 0 Å². The van der Waals surface area contributed by atoms with Crippen LogP contribution in [0.15, 0.2) is 59.6 Å². The van der Waals surface area contributed by atoms with Gasteiger partial charge in [-0.15, -0.1) is 0 Å². The summed E-state index contributed by atoms with van der Waals surface area (Å²) in [4.78, 5) is 44.5. The van der Waals surface area contributed by atoms with Crippen LogP contribution in [-0.2, 0) is 19.1 Å². The Hall–Kier alpha value is -3.52. The summed E-state index contributed by atoms with van der Waals surface area (Å²) in [6.45, 7) is 2.48. The molecule has 0 aliphatic carbocycles. The van der Waals surface area contributed by atoms with Crippen molar-refractivity contribution in [1.82, 2.24) is 10.6 Å². The van der Waals surface area contributed by atoms with Gasteiger partial charge in [0.15, 0.2) is 0 Å². The van der Waals surface area contributed by atoms with Crippen molar-refractivity contribution in [3.63, 3.8) is 0 Å². The third-order valence-electron chi connectivity index (χ3n) is 5.72. The highest BCUT2D eigenvalue weighted by Gasteiger charge is 2.33. The van der Waals surface area contributed by atoms with Gasteiger partial charge in [-0.1, -0.05) is 48.5 Å². The Labute approximate surface area is 186 Å². The van der Waals surface area contributed by atoms with Crippen LogP contribution >= 0.6 is 0 Å². The van der Waals surface area contributed by atoms with Crippen molar-refractivity contribution >= 4 is 29.1 Å². The first-order chi connectivity index (χ1) is 15.5. The number of anilines is 1. The number of ether oxygens (including phenoxy) is 1. The quantitative estimate of drug-likeness (QED) is 0.745. The number of aliphatic imine (C=N–C) groups is 1. The maximum Gasteiger partial charge on any atom is 0.272 e. The molecule has 1 fully saturated rings. The van der Waals surface area contributed by atoms with Gasteiger partial charge in [-0.3, -0.25) is 14.4 Å². The topological polar surface area (TPSA) is 100 Å². The smallest absolute Gasteiger partial charge is 0.272 e. The number of benzene rings is 2. The number of para-hydroxylation sites is 1. The lowest BCUT2D eigenvalue weighted by atomic mass is 10.0. The minimum absolute atomic E-state index is 0.227. The fourth-order valence-corrected chi connectivity index (χ4v) is 3.84. The number of likely N-dealkylation sites (N-methyl/N-ethyl adjacent to an activating group) is 1. The van der Waals surface area contributed by atoms with Crippen molar-refractivity contribution in [1.29, 1.82) is 0 Å². The van der Waals surface area contributed by atoms with E-state index in [-0.39, 0.29) is 17.7 Å². The van der Waals surface area contributed by atoms with E-state index in [1.165, 1.54) is 4.90 Å².